The van der Waals surface area contributed by atoms with Crippen LogP contribution in [-0.4, -0.2) is 43.0 Å². The molecule has 28 heavy (non-hydrogen) atoms. The van der Waals surface area contributed by atoms with Crippen LogP contribution >= 0.6 is 11.8 Å². The Morgan fingerprint density at radius 2 is 1.96 bits per heavy atom. The van der Waals surface area contributed by atoms with Gasteiger partial charge in [-0.15, -0.1) is 0 Å². The van der Waals surface area contributed by atoms with Gasteiger partial charge in [-0.1, -0.05) is 41.6 Å². The van der Waals surface area contributed by atoms with Crippen molar-refractivity contribution in [1.82, 2.24) is 0 Å². The Hall–Kier alpha value is -1.99. The summed E-state index contributed by atoms with van der Waals surface area (Å²) in [4.78, 5) is 6.98. The minimum absolute atomic E-state index is 0.0303. The van der Waals surface area contributed by atoms with Gasteiger partial charge in [0.1, 0.15) is 5.75 Å². The molecule has 0 radical (unpaired) electrons. The molecule has 0 bridgehead atoms. The molecule has 2 aliphatic rings. The zero-order chi connectivity index (χ0) is 19.7. The van der Waals surface area contributed by atoms with Crippen LogP contribution in [0.5, 0.6) is 5.75 Å². The quantitative estimate of drug-likeness (QED) is 0.744. The molecule has 0 N–H and O–H groups in total. The van der Waals surface area contributed by atoms with Crippen molar-refractivity contribution in [1.29, 1.82) is 0 Å². The third-order valence-electron chi connectivity index (χ3n) is 4.92. The molecule has 0 unspecified atom stereocenters. The topological polar surface area (TPSA) is 59.0 Å². The van der Waals surface area contributed by atoms with Gasteiger partial charge < -0.3 is 9.64 Å². The Morgan fingerprint density at radius 1 is 1.18 bits per heavy atom. The van der Waals surface area contributed by atoms with Gasteiger partial charge in [-0.05, 0) is 43.7 Å². The van der Waals surface area contributed by atoms with E-state index in [4.69, 9.17) is 9.73 Å². The minimum atomic E-state index is -2.96. The monoisotopic (exact) mass is 416 g/mol. The van der Waals surface area contributed by atoms with Crippen molar-refractivity contribution >= 4 is 32.5 Å². The van der Waals surface area contributed by atoms with Crippen LogP contribution in [0.2, 0.25) is 0 Å². The zero-order valence-electron chi connectivity index (χ0n) is 16.0. The Bertz CT molecular complexity index is 987. The van der Waals surface area contributed by atoms with Gasteiger partial charge in [0.15, 0.2) is 15.0 Å². The highest BCUT2D eigenvalue weighted by atomic mass is 32.2. The Morgan fingerprint density at radius 3 is 2.64 bits per heavy atom. The second-order valence-electron chi connectivity index (χ2n) is 7.21. The van der Waals surface area contributed by atoms with Crippen molar-refractivity contribution in [3.05, 3.63) is 59.7 Å². The first-order chi connectivity index (χ1) is 13.4. The van der Waals surface area contributed by atoms with E-state index in [1.165, 1.54) is 11.1 Å². The second-order valence-corrected chi connectivity index (χ2v) is 10.6. The minimum Gasteiger partial charge on any atom is -0.494 e. The highest BCUT2D eigenvalue weighted by molar-refractivity contribution is 8.15. The zero-order valence-corrected chi connectivity index (χ0v) is 17.7. The summed E-state index contributed by atoms with van der Waals surface area (Å²) in [6.07, 6.45) is 0. The largest absolute Gasteiger partial charge is 0.494 e. The van der Waals surface area contributed by atoms with Gasteiger partial charge in [0.25, 0.3) is 0 Å². The predicted octanol–water partition coefficient (Wildman–Crippen LogP) is 3.67. The second kappa shape index (κ2) is 7.79. The lowest BCUT2D eigenvalue weighted by Crippen LogP contribution is -2.28. The Kier molecular flexibility index (Phi) is 5.38. The fourth-order valence-electron chi connectivity index (χ4n) is 3.62. The smallest absolute Gasteiger partial charge is 0.164 e. The lowest BCUT2D eigenvalue weighted by molar-refractivity contribution is 0.340. The SMILES string of the molecule is CCOc1ccc(N(Cc2cccc(C)c2)C2=N[C@H]3CS(=O)(=O)C[C@@H]3S2)cc1. The number of ether oxygens (including phenoxy) is 1. The highest BCUT2D eigenvalue weighted by Gasteiger charge is 2.44. The normalized spacial score (nSPS) is 22.6. The van der Waals surface area contributed by atoms with Crippen molar-refractivity contribution < 1.29 is 13.2 Å². The van der Waals surface area contributed by atoms with Gasteiger partial charge >= 0.3 is 0 Å². The fourth-order valence-corrected chi connectivity index (χ4v) is 7.40. The van der Waals surface area contributed by atoms with Crippen LogP contribution in [0.25, 0.3) is 0 Å². The number of fused-ring (bicyclic) bond motifs is 1. The van der Waals surface area contributed by atoms with Crippen molar-refractivity contribution in [3.63, 3.8) is 0 Å². The number of hydrogen-bond acceptors (Lipinski definition) is 6. The number of anilines is 1. The first-order valence-electron chi connectivity index (χ1n) is 9.44. The number of nitrogens with zero attached hydrogens (tertiary/aromatic N) is 2. The third-order valence-corrected chi connectivity index (χ3v) is 8.17. The van der Waals surface area contributed by atoms with Crippen LogP contribution in [0, 0.1) is 6.92 Å². The molecule has 7 heteroatoms. The number of thioether (sulfide) groups is 1. The molecule has 0 spiro atoms. The maximum absolute atomic E-state index is 11.9. The molecule has 1 saturated heterocycles. The van der Waals surface area contributed by atoms with E-state index < -0.39 is 9.84 Å². The molecule has 0 aromatic heterocycles. The van der Waals surface area contributed by atoms with E-state index in [1.54, 1.807) is 11.8 Å². The molecule has 2 heterocycles. The van der Waals surface area contributed by atoms with Gasteiger partial charge in [0.05, 0.1) is 30.7 Å². The number of aliphatic imine (C=N–C) groups is 1. The molecule has 2 atom stereocenters. The van der Waals surface area contributed by atoms with Gasteiger partial charge in [-0.2, -0.15) is 0 Å². The molecular formula is C21H24N2O3S2. The fraction of sp³-hybridized carbons (Fsp3) is 0.381. The number of benzene rings is 2. The summed E-state index contributed by atoms with van der Waals surface area (Å²) in [7, 11) is -2.96. The number of hydrogen-bond donors (Lipinski definition) is 0. The molecule has 1 fully saturated rings. The summed E-state index contributed by atoms with van der Waals surface area (Å²) in [6, 6.07) is 16.3. The summed E-state index contributed by atoms with van der Waals surface area (Å²) in [5.74, 6) is 1.22. The van der Waals surface area contributed by atoms with Gasteiger partial charge in [-0.3, -0.25) is 4.99 Å². The van der Waals surface area contributed by atoms with Crippen LogP contribution < -0.4 is 9.64 Å². The van der Waals surface area contributed by atoms with Crippen LogP contribution in [0.3, 0.4) is 0 Å². The van der Waals surface area contributed by atoms with E-state index in [0.29, 0.717) is 13.2 Å². The van der Waals surface area contributed by atoms with E-state index in [-0.39, 0.29) is 22.8 Å². The highest BCUT2D eigenvalue weighted by Crippen LogP contribution is 2.37. The van der Waals surface area contributed by atoms with E-state index >= 15 is 0 Å². The Balaban J connectivity index is 1.64. The van der Waals surface area contributed by atoms with E-state index in [0.717, 1.165) is 16.6 Å². The van der Waals surface area contributed by atoms with Gasteiger partial charge in [0.2, 0.25) is 0 Å². The van der Waals surface area contributed by atoms with E-state index in [2.05, 4.69) is 36.1 Å². The average Bonchev–Trinajstić information content (AvgIpc) is 3.14. The molecule has 4 rings (SSSR count). The van der Waals surface area contributed by atoms with Gasteiger partial charge in [0, 0.05) is 10.9 Å². The predicted molar refractivity (Wildman–Crippen MR) is 116 cm³/mol. The summed E-state index contributed by atoms with van der Waals surface area (Å²) in [6.45, 7) is 5.37. The molecule has 0 amide bonds. The van der Waals surface area contributed by atoms with Crippen LogP contribution in [0.15, 0.2) is 53.5 Å². The van der Waals surface area contributed by atoms with E-state index in [1.807, 2.05) is 31.2 Å². The summed E-state index contributed by atoms with van der Waals surface area (Å²) in [5.41, 5.74) is 3.44. The maximum atomic E-state index is 11.9. The number of sulfone groups is 1. The Labute approximate surface area is 170 Å². The lowest BCUT2D eigenvalue weighted by atomic mass is 10.1. The van der Waals surface area contributed by atoms with Crippen LogP contribution in [0.4, 0.5) is 5.69 Å². The molecule has 148 valence electrons. The molecule has 0 saturated carbocycles. The summed E-state index contributed by atoms with van der Waals surface area (Å²) >= 11 is 1.59. The van der Waals surface area contributed by atoms with Crippen molar-refractivity contribution in [2.75, 3.05) is 23.0 Å². The number of amidine groups is 1. The molecule has 2 aromatic rings. The third kappa shape index (κ3) is 4.20. The first kappa shape index (κ1) is 19.3. The summed E-state index contributed by atoms with van der Waals surface area (Å²) < 4.78 is 29.4. The van der Waals surface area contributed by atoms with Gasteiger partial charge in [-0.25, -0.2) is 8.42 Å². The van der Waals surface area contributed by atoms with Crippen molar-refractivity contribution in [2.24, 2.45) is 4.99 Å². The van der Waals surface area contributed by atoms with Crippen molar-refractivity contribution in [2.45, 2.75) is 31.7 Å². The number of rotatable bonds is 5. The van der Waals surface area contributed by atoms with Crippen molar-refractivity contribution in [3.8, 4) is 5.75 Å². The summed E-state index contributed by atoms with van der Waals surface area (Å²) in [5, 5.41) is 0.929. The molecule has 5 nitrogen and oxygen atoms in total. The van der Waals surface area contributed by atoms with Crippen LogP contribution in [0.1, 0.15) is 18.1 Å². The first-order valence-corrected chi connectivity index (χ1v) is 12.1. The molecule has 2 aromatic carbocycles. The lowest BCUT2D eigenvalue weighted by Gasteiger charge is -2.25. The maximum Gasteiger partial charge on any atom is 0.164 e. The molecule has 2 aliphatic heterocycles. The average molecular weight is 417 g/mol. The standard InChI is InChI=1S/C21H24N2O3S2/c1-3-26-18-9-7-17(8-10-18)23(12-16-6-4-5-15(2)11-16)21-22-19-13-28(24,25)14-20(19)27-21/h4-11,19-20H,3,12-14H2,1-2H3/t19-,20-/m0/s1. The number of aryl methyl sites for hydroxylation is 1. The molecule has 0 aliphatic carbocycles. The molecular weight excluding hydrogens is 392 g/mol. The van der Waals surface area contributed by atoms with Crippen LogP contribution in [-0.2, 0) is 16.4 Å². The van der Waals surface area contributed by atoms with E-state index in [9.17, 15) is 8.42 Å².